The van der Waals surface area contributed by atoms with Gasteiger partial charge in [-0.3, -0.25) is 4.40 Å². The number of hydrogen-bond acceptors (Lipinski definition) is 3. The van der Waals surface area contributed by atoms with Crippen LogP contribution < -0.4 is 5.73 Å². The minimum absolute atomic E-state index is 0.774. The maximum atomic E-state index is 6.23. The Morgan fingerprint density at radius 2 is 2.29 bits per heavy atom. The largest absolute Gasteiger partial charge is 0.464 e. The molecule has 3 aromatic rings. The highest BCUT2D eigenvalue weighted by molar-refractivity contribution is 7.17. The second kappa shape index (κ2) is 3.67. The molecule has 0 saturated heterocycles. The first kappa shape index (κ1) is 10.5. The van der Waals surface area contributed by atoms with Gasteiger partial charge in [0, 0.05) is 10.6 Å². The number of nitrogen functional groups attached to an aromatic ring is 1. The highest BCUT2D eigenvalue weighted by Crippen LogP contribution is 2.35. The second-order valence-electron chi connectivity index (χ2n) is 4.05. The fourth-order valence-electron chi connectivity index (χ4n) is 2.26. The first-order valence-corrected chi connectivity index (χ1v) is 6.47. The Labute approximate surface area is 103 Å². The Morgan fingerprint density at radius 3 is 2.94 bits per heavy atom. The van der Waals surface area contributed by atoms with E-state index in [2.05, 4.69) is 24.3 Å². The van der Waals surface area contributed by atoms with Crippen LogP contribution in [0.4, 0.5) is 5.82 Å². The molecule has 0 aliphatic carbocycles. The number of anilines is 1. The topological polar surface area (TPSA) is 43.6 Å². The van der Waals surface area contributed by atoms with Gasteiger partial charge >= 0.3 is 0 Å². The average Bonchev–Trinajstić information content (AvgIpc) is 2.96. The molecular formula is C13H14N2OS. The predicted octanol–water partition coefficient (Wildman–Crippen LogP) is 3.71. The van der Waals surface area contributed by atoms with E-state index < -0.39 is 0 Å². The van der Waals surface area contributed by atoms with Crippen molar-refractivity contribution in [3.8, 4) is 11.3 Å². The maximum absolute atomic E-state index is 6.23. The Hall–Kier alpha value is -1.68. The molecule has 0 bridgehead atoms. The highest BCUT2D eigenvalue weighted by Gasteiger charge is 2.16. The zero-order chi connectivity index (χ0) is 12.0. The van der Waals surface area contributed by atoms with Gasteiger partial charge in [0.25, 0.3) is 0 Å². The van der Waals surface area contributed by atoms with Crippen LogP contribution in [0.3, 0.4) is 0 Å². The van der Waals surface area contributed by atoms with E-state index in [0.717, 1.165) is 23.6 Å². The van der Waals surface area contributed by atoms with Gasteiger partial charge < -0.3 is 10.2 Å². The zero-order valence-electron chi connectivity index (χ0n) is 9.86. The molecule has 3 heterocycles. The monoisotopic (exact) mass is 246 g/mol. The van der Waals surface area contributed by atoms with Crippen LogP contribution in [0, 0.1) is 6.92 Å². The Morgan fingerprint density at radius 1 is 1.47 bits per heavy atom. The lowest BCUT2D eigenvalue weighted by Crippen LogP contribution is -1.97. The van der Waals surface area contributed by atoms with Gasteiger partial charge in [-0.15, -0.1) is 11.3 Å². The molecule has 0 saturated carbocycles. The Balaban J connectivity index is 2.31. The van der Waals surface area contributed by atoms with Gasteiger partial charge in [0.15, 0.2) is 0 Å². The predicted molar refractivity (Wildman–Crippen MR) is 71.5 cm³/mol. The summed E-state index contributed by atoms with van der Waals surface area (Å²) >= 11 is 1.78. The molecular weight excluding hydrogens is 232 g/mol. The lowest BCUT2D eigenvalue weighted by Gasteiger charge is -2.01. The first-order chi connectivity index (χ1) is 8.22. The molecule has 3 nitrogen and oxygen atoms in total. The molecule has 0 fully saturated rings. The molecule has 0 unspecified atom stereocenters. The van der Waals surface area contributed by atoms with E-state index in [4.69, 9.17) is 10.2 Å². The fourth-order valence-corrected chi connectivity index (χ4v) is 3.41. The summed E-state index contributed by atoms with van der Waals surface area (Å²) in [6, 6.07) is 5.92. The summed E-state index contributed by atoms with van der Waals surface area (Å²) < 4.78 is 7.55. The minimum atomic E-state index is 0.774. The van der Waals surface area contributed by atoms with E-state index in [-0.39, 0.29) is 0 Å². The van der Waals surface area contributed by atoms with Gasteiger partial charge in [0.2, 0.25) is 0 Å². The molecule has 3 rings (SSSR count). The van der Waals surface area contributed by atoms with Gasteiger partial charge in [-0.2, -0.15) is 0 Å². The van der Waals surface area contributed by atoms with Crippen molar-refractivity contribution >= 4 is 22.0 Å². The summed E-state index contributed by atoms with van der Waals surface area (Å²) in [5, 5.41) is 0. The molecule has 2 N–H and O–H groups in total. The summed E-state index contributed by atoms with van der Waals surface area (Å²) in [7, 11) is 0. The number of rotatable bonds is 2. The molecule has 0 aliphatic rings. The fraction of sp³-hybridized carbons (Fsp3) is 0.231. The molecule has 88 valence electrons. The molecule has 0 aliphatic heterocycles. The zero-order valence-corrected chi connectivity index (χ0v) is 10.7. The van der Waals surface area contributed by atoms with Crippen LogP contribution in [-0.2, 0) is 6.42 Å². The number of aromatic nitrogens is 1. The van der Waals surface area contributed by atoms with Crippen molar-refractivity contribution in [1.82, 2.24) is 4.40 Å². The van der Waals surface area contributed by atoms with Crippen molar-refractivity contribution in [1.29, 1.82) is 0 Å². The Bertz CT molecular complexity index is 661. The standard InChI is InChI=1S/C13H14N2OS/c1-3-10-8(2)17-12-7-9(13(14)15(10)12)11-5-4-6-16-11/h4-7H,3,14H2,1-2H3. The van der Waals surface area contributed by atoms with Crippen molar-refractivity contribution in [2.24, 2.45) is 0 Å². The highest BCUT2D eigenvalue weighted by atomic mass is 32.1. The average molecular weight is 246 g/mol. The quantitative estimate of drug-likeness (QED) is 0.749. The maximum Gasteiger partial charge on any atom is 0.137 e. The van der Waals surface area contributed by atoms with E-state index in [0.29, 0.717) is 0 Å². The van der Waals surface area contributed by atoms with Gasteiger partial charge in [-0.25, -0.2) is 0 Å². The number of fused-ring (bicyclic) bond motifs is 1. The number of nitrogens with zero attached hydrogens (tertiary/aromatic N) is 1. The SMILES string of the molecule is CCc1c(C)sc2cc(-c3ccco3)c(N)n12. The summed E-state index contributed by atoms with van der Waals surface area (Å²) in [6.07, 6.45) is 2.66. The number of aryl methyl sites for hydroxylation is 2. The second-order valence-corrected chi connectivity index (χ2v) is 5.29. The summed E-state index contributed by atoms with van der Waals surface area (Å²) in [5.74, 6) is 1.61. The van der Waals surface area contributed by atoms with E-state index in [1.807, 2.05) is 12.1 Å². The number of thiazole rings is 1. The third-order valence-corrected chi connectivity index (χ3v) is 4.11. The third-order valence-electron chi connectivity index (χ3n) is 3.06. The molecule has 0 atom stereocenters. The van der Waals surface area contributed by atoms with Crippen molar-refractivity contribution in [3.63, 3.8) is 0 Å². The van der Waals surface area contributed by atoms with Crippen molar-refractivity contribution in [3.05, 3.63) is 35.0 Å². The van der Waals surface area contributed by atoms with Crippen LogP contribution in [0.1, 0.15) is 17.5 Å². The number of nitrogens with two attached hydrogens (primary N) is 1. The van der Waals surface area contributed by atoms with Gasteiger partial charge in [0.1, 0.15) is 16.4 Å². The molecule has 3 aromatic heterocycles. The van der Waals surface area contributed by atoms with Crippen LogP contribution in [0.15, 0.2) is 28.9 Å². The lowest BCUT2D eigenvalue weighted by molar-refractivity contribution is 0.582. The van der Waals surface area contributed by atoms with E-state index in [1.165, 1.54) is 15.4 Å². The van der Waals surface area contributed by atoms with Crippen LogP contribution in [0.2, 0.25) is 0 Å². The van der Waals surface area contributed by atoms with Crippen LogP contribution >= 0.6 is 11.3 Å². The Kier molecular flexibility index (Phi) is 2.26. The summed E-state index contributed by atoms with van der Waals surface area (Å²) in [4.78, 5) is 2.52. The number of furan rings is 1. The first-order valence-electron chi connectivity index (χ1n) is 5.65. The van der Waals surface area contributed by atoms with Crippen LogP contribution in [0.5, 0.6) is 0 Å². The van der Waals surface area contributed by atoms with E-state index in [9.17, 15) is 0 Å². The van der Waals surface area contributed by atoms with Gasteiger partial charge in [-0.1, -0.05) is 6.92 Å². The molecule has 0 amide bonds. The van der Waals surface area contributed by atoms with Crippen molar-refractivity contribution < 1.29 is 4.42 Å². The third kappa shape index (κ3) is 1.41. The van der Waals surface area contributed by atoms with Crippen LogP contribution in [0.25, 0.3) is 16.2 Å². The molecule has 4 heteroatoms. The van der Waals surface area contributed by atoms with Crippen molar-refractivity contribution in [2.45, 2.75) is 20.3 Å². The van der Waals surface area contributed by atoms with E-state index in [1.54, 1.807) is 17.6 Å². The number of hydrogen-bond donors (Lipinski definition) is 1. The molecule has 0 spiro atoms. The molecule has 0 aromatic carbocycles. The smallest absolute Gasteiger partial charge is 0.137 e. The van der Waals surface area contributed by atoms with Crippen LogP contribution in [-0.4, -0.2) is 4.40 Å². The lowest BCUT2D eigenvalue weighted by atomic mass is 10.2. The van der Waals surface area contributed by atoms with Crippen molar-refractivity contribution in [2.75, 3.05) is 5.73 Å². The summed E-state index contributed by atoms with van der Waals surface area (Å²) in [5.41, 5.74) is 8.50. The molecule has 0 radical (unpaired) electrons. The summed E-state index contributed by atoms with van der Waals surface area (Å²) in [6.45, 7) is 4.29. The molecule has 17 heavy (non-hydrogen) atoms. The van der Waals surface area contributed by atoms with Gasteiger partial charge in [0.05, 0.1) is 11.8 Å². The normalized spacial score (nSPS) is 11.4. The minimum Gasteiger partial charge on any atom is -0.464 e. The van der Waals surface area contributed by atoms with Gasteiger partial charge in [-0.05, 0) is 31.5 Å². The van der Waals surface area contributed by atoms with E-state index >= 15 is 0 Å².